The largest absolute Gasteiger partial charge is 0.497 e. The van der Waals surface area contributed by atoms with Crippen molar-refractivity contribution >= 4 is 5.91 Å². The van der Waals surface area contributed by atoms with Gasteiger partial charge >= 0.3 is 0 Å². The Labute approximate surface area is 101 Å². The van der Waals surface area contributed by atoms with Crippen molar-refractivity contribution in [1.82, 2.24) is 5.32 Å². The third-order valence-electron chi connectivity index (χ3n) is 3.10. The molecular weight excluding hydrogens is 214 g/mol. The van der Waals surface area contributed by atoms with Gasteiger partial charge < -0.3 is 10.1 Å². The van der Waals surface area contributed by atoms with Crippen molar-refractivity contribution < 1.29 is 9.53 Å². The zero-order chi connectivity index (χ0) is 12.3. The van der Waals surface area contributed by atoms with E-state index in [0.29, 0.717) is 0 Å². The molecule has 3 nitrogen and oxygen atoms in total. The van der Waals surface area contributed by atoms with Gasteiger partial charge in [0.1, 0.15) is 5.75 Å². The molecule has 0 unspecified atom stereocenters. The highest BCUT2D eigenvalue weighted by Gasteiger charge is 2.43. The minimum Gasteiger partial charge on any atom is -0.497 e. The molecule has 90 valence electrons. The zero-order valence-corrected chi connectivity index (χ0v) is 10.0. The molecule has 0 heterocycles. The van der Waals surface area contributed by atoms with Crippen LogP contribution in [0.25, 0.3) is 0 Å². The van der Waals surface area contributed by atoms with Gasteiger partial charge in [0.05, 0.1) is 7.11 Å². The fourth-order valence-corrected chi connectivity index (χ4v) is 1.98. The highest BCUT2D eigenvalue weighted by atomic mass is 16.5. The van der Waals surface area contributed by atoms with Gasteiger partial charge in [-0.05, 0) is 43.0 Å². The molecule has 3 heteroatoms. The molecule has 0 spiro atoms. The highest BCUT2D eigenvalue weighted by Crippen LogP contribution is 2.39. The summed E-state index contributed by atoms with van der Waals surface area (Å²) in [5.74, 6) is 0.763. The van der Waals surface area contributed by atoms with E-state index in [4.69, 9.17) is 4.74 Å². The van der Waals surface area contributed by atoms with Crippen molar-refractivity contribution in [2.45, 2.75) is 24.8 Å². The molecule has 0 bridgehead atoms. The van der Waals surface area contributed by atoms with Crippen LogP contribution in [0.15, 0.2) is 36.9 Å². The lowest BCUT2D eigenvalue weighted by atomic mass is 10.0. The highest BCUT2D eigenvalue weighted by molar-refractivity contribution is 5.87. The Kier molecular flexibility index (Phi) is 3.18. The number of methoxy groups -OCH3 is 1. The Morgan fingerprint density at radius 2 is 2.35 bits per heavy atom. The van der Waals surface area contributed by atoms with Gasteiger partial charge in [-0.2, -0.15) is 0 Å². The maximum atomic E-state index is 11.3. The molecule has 0 atom stereocenters. The molecule has 1 aliphatic rings. The topological polar surface area (TPSA) is 38.3 Å². The molecule has 17 heavy (non-hydrogen) atoms. The van der Waals surface area contributed by atoms with Gasteiger partial charge in [-0.3, -0.25) is 4.79 Å². The Balaban J connectivity index is 2.04. The summed E-state index contributed by atoms with van der Waals surface area (Å²) >= 11 is 0. The summed E-state index contributed by atoms with van der Waals surface area (Å²) in [6, 6.07) is 7.97. The van der Waals surface area contributed by atoms with Gasteiger partial charge in [0.15, 0.2) is 0 Å². The van der Waals surface area contributed by atoms with Crippen molar-refractivity contribution in [3.05, 3.63) is 42.5 Å². The van der Waals surface area contributed by atoms with Crippen molar-refractivity contribution in [2.75, 3.05) is 7.11 Å². The van der Waals surface area contributed by atoms with Crippen molar-refractivity contribution in [3.8, 4) is 5.75 Å². The molecule has 0 saturated heterocycles. The van der Waals surface area contributed by atoms with Crippen LogP contribution in [0.2, 0.25) is 0 Å². The second kappa shape index (κ2) is 4.62. The average molecular weight is 231 g/mol. The second-order valence-corrected chi connectivity index (χ2v) is 4.50. The third kappa shape index (κ3) is 2.87. The minimum absolute atomic E-state index is 0.0579. The van der Waals surface area contributed by atoms with Crippen LogP contribution in [0.3, 0.4) is 0 Å². The standard InChI is InChI=1S/C14H17NO2/c1-3-13(16)15-14(7-8-14)10-11-5-4-6-12(9-11)17-2/h3-6,9H,1,7-8,10H2,2H3,(H,15,16). The quantitative estimate of drug-likeness (QED) is 0.788. The zero-order valence-electron chi connectivity index (χ0n) is 10.0. The molecule has 1 saturated carbocycles. The second-order valence-electron chi connectivity index (χ2n) is 4.50. The normalized spacial score (nSPS) is 16.1. The number of hydrogen-bond acceptors (Lipinski definition) is 2. The van der Waals surface area contributed by atoms with E-state index in [1.54, 1.807) is 7.11 Å². The molecule has 1 aromatic carbocycles. The number of amides is 1. The first-order valence-corrected chi connectivity index (χ1v) is 5.75. The number of carbonyl (C=O) groups excluding carboxylic acids is 1. The summed E-state index contributed by atoms with van der Waals surface area (Å²) in [7, 11) is 1.66. The average Bonchev–Trinajstić information content (AvgIpc) is 3.08. The first-order chi connectivity index (χ1) is 8.17. The molecule has 2 rings (SSSR count). The van der Waals surface area contributed by atoms with E-state index < -0.39 is 0 Å². The monoisotopic (exact) mass is 231 g/mol. The first-order valence-electron chi connectivity index (χ1n) is 5.75. The van der Waals surface area contributed by atoms with E-state index in [2.05, 4.69) is 18.0 Å². The summed E-state index contributed by atoms with van der Waals surface area (Å²) in [6.45, 7) is 3.47. The minimum atomic E-state index is -0.0922. The molecule has 1 aromatic rings. The van der Waals surface area contributed by atoms with Crippen molar-refractivity contribution in [3.63, 3.8) is 0 Å². The lowest BCUT2D eigenvalue weighted by Crippen LogP contribution is -2.37. The van der Waals surface area contributed by atoms with Gasteiger partial charge in [-0.15, -0.1) is 0 Å². The molecular formula is C14H17NO2. The molecule has 0 aromatic heterocycles. The number of hydrogen-bond donors (Lipinski definition) is 1. The Bertz CT molecular complexity index is 436. The number of carbonyl (C=O) groups is 1. The van der Waals surface area contributed by atoms with Crippen LogP contribution in [0, 0.1) is 0 Å². The smallest absolute Gasteiger partial charge is 0.243 e. The molecule has 1 amide bonds. The summed E-state index contributed by atoms with van der Waals surface area (Å²) in [6.07, 6.45) is 4.24. The van der Waals surface area contributed by atoms with E-state index in [9.17, 15) is 4.79 Å². The van der Waals surface area contributed by atoms with E-state index in [-0.39, 0.29) is 11.4 Å². The van der Waals surface area contributed by atoms with Crippen LogP contribution in [-0.4, -0.2) is 18.6 Å². The summed E-state index contributed by atoms with van der Waals surface area (Å²) in [5.41, 5.74) is 1.13. The van der Waals surface area contributed by atoms with Crippen LogP contribution in [0.5, 0.6) is 5.75 Å². The first kappa shape index (κ1) is 11.7. The van der Waals surface area contributed by atoms with Crippen LogP contribution in [-0.2, 0) is 11.2 Å². The number of nitrogens with one attached hydrogen (secondary N) is 1. The third-order valence-corrected chi connectivity index (χ3v) is 3.10. The number of ether oxygens (including phenoxy) is 1. The van der Waals surface area contributed by atoms with Gasteiger partial charge in [-0.25, -0.2) is 0 Å². The predicted molar refractivity (Wildman–Crippen MR) is 67.0 cm³/mol. The molecule has 1 aliphatic carbocycles. The Morgan fingerprint density at radius 1 is 1.59 bits per heavy atom. The van der Waals surface area contributed by atoms with E-state index >= 15 is 0 Å². The van der Waals surface area contributed by atoms with Crippen molar-refractivity contribution in [1.29, 1.82) is 0 Å². The van der Waals surface area contributed by atoms with E-state index in [0.717, 1.165) is 25.0 Å². The maximum Gasteiger partial charge on any atom is 0.243 e. The number of benzene rings is 1. The van der Waals surface area contributed by atoms with Crippen LogP contribution < -0.4 is 10.1 Å². The van der Waals surface area contributed by atoms with E-state index in [1.807, 2.05) is 18.2 Å². The van der Waals surface area contributed by atoms with Crippen molar-refractivity contribution in [2.24, 2.45) is 0 Å². The Morgan fingerprint density at radius 3 is 2.94 bits per heavy atom. The van der Waals surface area contributed by atoms with E-state index in [1.165, 1.54) is 11.6 Å². The maximum absolute atomic E-state index is 11.3. The van der Waals surface area contributed by atoms with Gasteiger partial charge in [0, 0.05) is 5.54 Å². The molecule has 1 N–H and O–H groups in total. The van der Waals surface area contributed by atoms with Crippen LogP contribution in [0.1, 0.15) is 18.4 Å². The van der Waals surface area contributed by atoms with Gasteiger partial charge in [0.2, 0.25) is 5.91 Å². The Hall–Kier alpha value is -1.77. The fourth-order valence-electron chi connectivity index (χ4n) is 1.98. The summed E-state index contributed by atoms with van der Waals surface area (Å²) < 4.78 is 5.19. The predicted octanol–water partition coefficient (Wildman–Crippen LogP) is 2.07. The lowest BCUT2D eigenvalue weighted by molar-refractivity contribution is -0.117. The summed E-state index contributed by atoms with van der Waals surface area (Å²) in [5, 5.41) is 3.01. The van der Waals surface area contributed by atoms with Crippen LogP contribution >= 0.6 is 0 Å². The van der Waals surface area contributed by atoms with Gasteiger partial charge in [0.25, 0.3) is 0 Å². The molecule has 0 aliphatic heterocycles. The fraction of sp³-hybridized carbons (Fsp3) is 0.357. The van der Waals surface area contributed by atoms with Gasteiger partial charge in [-0.1, -0.05) is 18.7 Å². The SMILES string of the molecule is C=CC(=O)NC1(Cc2cccc(OC)c2)CC1. The lowest BCUT2D eigenvalue weighted by Gasteiger charge is -2.16. The van der Waals surface area contributed by atoms with Crippen LogP contribution in [0.4, 0.5) is 0 Å². The summed E-state index contributed by atoms with van der Waals surface area (Å²) in [4.78, 5) is 11.3. The number of rotatable bonds is 5. The molecule has 1 fully saturated rings. The molecule has 0 radical (unpaired) electrons.